The van der Waals surface area contributed by atoms with Crippen LogP contribution in [0.15, 0.2) is 40.9 Å². The van der Waals surface area contributed by atoms with Gasteiger partial charge in [0.05, 0.1) is 0 Å². The summed E-state index contributed by atoms with van der Waals surface area (Å²) in [7, 11) is 0. The number of carbonyl (C=O) groups is 2. The van der Waals surface area contributed by atoms with Gasteiger partial charge in [-0.1, -0.05) is 40.2 Å². The van der Waals surface area contributed by atoms with E-state index in [4.69, 9.17) is 4.74 Å². The van der Waals surface area contributed by atoms with E-state index in [1.54, 1.807) is 4.90 Å². The molecular weight excluding hydrogens is 408 g/mol. The van der Waals surface area contributed by atoms with Gasteiger partial charge in [0, 0.05) is 35.7 Å². The van der Waals surface area contributed by atoms with Crippen molar-refractivity contribution >= 4 is 38.7 Å². The lowest BCUT2D eigenvalue weighted by molar-refractivity contribution is 0.00621. The second-order valence-electron chi connectivity index (χ2n) is 7.91. The molecule has 2 amide bonds. The van der Waals surface area contributed by atoms with E-state index in [1.807, 2.05) is 69.0 Å². The van der Waals surface area contributed by atoms with E-state index in [0.717, 1.165) is 15.2 Å². The lowest BCUT2D eigenvalue weighted by atomic mass is 10.0. The molecular formula is C21H25BrN2O3. The molecule has 0 aromatic heterocycles. The second kappa shape index (κ2) is 7.50. The molecule has 0 bridgehead atoms. The van der Waals surface area contributed by atoms with Gasteiger partial charge < -0.3 is 14.5 Å². The first-order chi connectivity index (χ1) is 12.7. The van der Waals surface area contributed by atoms with Crippen LogP contribution in [0.4, 0.5) is 4.79 Å². The summed E-state index contributed by atoms with van der Waals surface area (Å²) in [6.45, 7) is 8.96. The molecule has 1 fully saturated rings. The molecule has 5 nitrogen and oxygen atoms in total. The molecule has 0 spiro atoms. The molecule has 1 unspecified atom stereocenters. The third kappa shape index (κ3) is 4.26. The molecule has 2 aromatic carbocycles. The average molecular weight is 433 g/mol. The van der Waals surface area contributed by atoms with Crippen molar-refractivity contribution in [2.24, 2.45) is 0 Å². The van der Waals surface area contributed by atoms with Crippen molar-refractivity contribution < 1.29 is 14.3 Å². The van der Waals surface area contributed by atoms with Gasteiger partial charge in [0.1, 0.15) is 5.60 Å². The van der Waals surface area contributed by atoms with Crippen molar-refractivity contribution in [2.45, 2.75) is 39.3 Å². The zero-order valence-electron chi connectivity index (χ0n) is 16.2. The summed E-state index contributed by atoms with van der Waals surface area (Å²) >= 11 is 3.55. The van der Waals surface area contributed by atoms with E-state index >= 15 is 0 Å². The Labute approximate surface area is 168 Å². The molecule has 27 heavy (non-hydrogen) atoms. The van der Waals surface area contributed by atoms with E-state index in [1.165, 1.54) is 0 Å². The Kier molecular flexibility index (Phi) is 5.47. The van der Waals surface area contributed by atoms with Crippen LogP contribution in [0.25, 0.3) is 10.8 Å². The first-order valence-corrected chi connectivity index (χ1v) is 9.93. The van der Waals surface area contributed by atoms with Gasteiger partial charge in [-0.2, -0.15) is 0 Å². The highest BCUT2D eigenvalue weighted by Crippen LogP contribution is 2.28. The lowest BCUT2D eigenvalue weighted by Gasteiger charge is -2.40. The van der Waals surface area contributed by atoms with Crippen molar-refractivity contribution in [3.63, 3.8) is 0 Å². The van der Waals surface area contributed by atoms with E-state index in [9.17, 15) is 9.59 Å². The van der Waals surface area contributed by atoms with Crippen LogP contribution in [0, 0.1) is 0 Å². The van der Waals surface area contributed by atoms with Gasteiger partial charge in [0.15, 0.2) is 0 Å². The van der Waals surface area contributed by atoms with Crippen LogP contribution < -0.4 is 0 Å². The number of carbonyl (C=O) groups excluding carboxylic acids is 2. The minimum absolute atomic E-state index is 0.00459. The Balaban J connectivity index is 1.78. The van der Waals surface area contributed by atoms with Crippen LogP contribution in [0.1, 0.15) is 38.1 Å². The summed E-state index contributed by atoms with van der Waals surface area (Å²) in [6, 6.07) is 11.6. The molecule has 1 atom stereocenters. The van der Waals surface area contributed by atoms with Gasteiger partial charge in [-0.05, 0) is 50.6 Å². The molecule has 1 aliphatic heterocycles. The number of benzene rings is 2. The van der Waals surface area contributed by atoms with E-state index in [2.05, 4.69) is 15.9 Å². The van der Waals surface area contributed by atoms with Gasteiger partial charge in [0.25, 0.3) is 5.91 Å². The highest BCUT2D eigenvalue weighted by atomic mass is 79.9. The summed E-state index contributed by atoms with van der Waals surface area (Å²) in [4.78, 5) is 29.1. The van der Waals surface area contributed by atoms with Gasteiger partial charge in [-0.3, -0.25) is 4.79 Å². The lowest BCUT2D eigenvalue weighted by Crippen LogP contribution is -2.56. The molecule has 6 heteroatoms. The standard InChI is InChI=1S/C21H25BrN2O3/c1-14-13-23(20(26)27-21(2,3)4)11-12-24(14)19(25)17-9-5-8-16-15(17)7-6-10-18(16)22/h5-10,14H,11-13H2,1-4H3. The smallest absolute Gasteiger partial charge is 0.410 e. The maximum Gasteiger partial charge on any atom is 0.410 e. The van der Waals surface area contributed by atoms with E-state index in [0.29, 0.717) is 25.2 Å². The fraction of sp³-hybridized carbons (Fsp3) is 0.429. The van der Waals surface area contributed by atoms with E-state index in [-0.39, 0.29) is 18.0 Å². The van der Waals surface area contributed by atoms with Crippen molar-refractivity contribution in [3.8, 4) is 0 Å². The number of hydrogen-bond acceptors (Lipinski definition) is 3. The Morgan fingerprint density at radius 1 is 1.07 bits per heavy atom. The average Bonchev–Trinajstić information content (AvgIpc) is 2.59. The molecule has 1 heterocycles. The van der Waals surface area contributed by atoms with Crippen LogP contribution in [0.2, 0.25) is 0 Å². The number of fused-ring (bicyclic) bond motifs is 1. The predicted octanol–water partition coefficient (Wildman–Crippen LogP) is 4.68. The zero-order chi connectivity index (χ0) is 19.8. The fourth-order valence-electron chi connectivity index (χ4n) is 3.36. The van der Waals surface area contributed by atoms with Gasteiger partial charge in [-0.25, -0.2) is 4.79 Å². The summed E-state index contributed by atoms with van der Waals surface area (Å²) < 4.78 is 6.42. The SMILES string of the molecule is CC1CN(C(=O)OC(C)(C)C)CCN1C(=O)c1cccc2c(Br)cccc12. The minimum Gasteiger partial charge on any atom is -0.444 e. The predicted molar refractivity (Wildman–Crippen MR) is 110 cm³/mol. The third-order valence-corrected chi connectivity index (χ3v) is 5.33. The van der Waals surface area contributed by atoms with Gasteiger partial charge in [0.2, 0.25) is 0 Å². The Hall–Kier alpha value is -2.08. The summed E-state index contributed by atoms with van der Waals surface area (Å²) in [6.07, 6.45) is -0.324. The summed E-state index contributed by atoms with van der Waals surface area (Å²) in [5.74, 6) is -0.00459. The van der Waals surface area contributed by atoms with E-state index < -0.39 is 5.60 Å². The molecule has 3 rings (SSSR count). The summed E-state index contributed by atoms with van der Waals surface area (Å²) in [5, 5.41) is 1.95. The molecule has 0 aliphatic carbocycles. The van der Waals surface area contributed by atoms with Crippen molar-refractivity contribution in [3.05, 3.63) is 46.4 Å². The molecule has 1 saturated heterocycles. The fourth-order valence-corrected chi connectivity index (χ4v) is 3.86. The maximum absolute atomic E-state index is 13.2. The molecule has 0 radical (unpaired) electrons. The van der Waals surface area contributed by atoms with Crippen molar-refractivity contribution in [2.75, 3.05) is 19.6 Å². The second-order valence-corrected chi connectivity index (χ2v) is 8.77. The quantitative estimate of drug-likeness (QED) is 0.656. The number of hydrogen-bond donors (Lipinski definition) is 0. The highest BCUT2D eigenvalue weighted by molar-refractivity contribution is 9.10. The summed E-state index contributed by atoms with van der Waals surface area (Å²) in [5.41, 5.74) is 0.162. The largest absolute Gasteiger partial charge is 0.444 e. The Bertz CT molecular complexity index is 875. The first kappa shape index (κ1) is 19.7. The van der Waals surface area contributed by atoms with Crippen LogP contribution in [0.5, 0.6) is 0 Å². The maximum atomic E-state index is 13.2. The number of amides is 2. The Morgan fingerprint density at radius 2 is 1.74 bits per heavy atom. The molecule has 0 saturated carbocycles. The van der Waals surface area contributed by atoms with Gasteiger partial charge >= 0.3 is 6.09 Å². The van der Waals surface area contributed by atoms with Crippen LogP contribution in [-0.2, 0) is 4.74 Å². The third-order valence-electron chi connectivity index (χ3n) is 4.64. The number of nitrogens with zero attached hydrogens (tertiary/aromatic N) is 2. The molecule has 144 valence electrons. The Morgan fingerprint density at radius 3 is 2.41 bits per heavy atom. The first-order valence-electron chi connectivity index (χ1n) is 9.13. The minimum atomic E-state index is -0.524. The molecule has 0 N–H and O–H groups in total. The van der Waals surface area contributed by atoms with Crippen LogP contribution in [-0.4, -0.2) is 53.1 Å². The molecule has 2 aromatic rings. The monoisotopic (exact) mass is 432 g/mol. The number of rotatable bonds is 1. The van der Waals surface area contributed by atoms with Gasteiger partial charge in [-0.15, -0.1) is 0 Å². The van der Waals surface area contributed by atoms with Crippen LogP contribution >= 0.6 is 15.9 Å². The zero-order valence-corrected chi connectivity index (χ0v) is 17.7. The van der Waals surface area contributed by atoms with Crippen LogP contribution in [0.3, 0.4) is 0 Å². The number of halogens is 1. The van der Waals surface area contributed by atoms with Crippen molar-refractivity contribution in [1.29, 1.82) is 0 Å². The molecule has 1 aliphatic rings. The van der Waals surface area contributed by atoms with Crippen molar-refractivity contribution in [1.82, 2.24) is 9.80 Å². The highest BCUT2D eigenvalue weighted by Gasteiger charge is 2.32. The number of ether oxygens (including phenoxy) is 1. The number of piperazine rings is 1. The topological polar surface area (TPSA) is 49.9 Å². The normalized spacial score (nSPS) is 17.9.